The lowest BCUT2D eigenvalue weighted by atomic mass is 10.2. The predicted octanol–water partition coefficient (Wildman–Crippen LogP) is 1.48. The molecule has 0 bridgehead atoms. The molecule has 0 amide bonds. The van der Waals surface area contributed by atoms with Crippen molar-refractivity contribution in [1.82, 2.24) is 14.6 Å². The third kappa shape index (κ3) is 2.38. The Bertz CT molecular complexity index is 618. The number of hydrogen-bond donors (Lipinski definition) is 1. The molecular formula is C13H16N4O2. The summed E-state index contributed by atoms with van der Waals surface area (Å²) in [5, 5.41) is 13.1. The number of fused-ring (bicyclic) bond motifs is 1. The monoisotopic (exact) mass is 260 g/mol. The average molecular weight is 260 g/mol. The Balaban J connectivity index is 1.99. The molecule has 2 heterocycles. The van der Waals surface area contributed by atoms with E-state index in [0.717, 1.165) is 29.9 Å². The van der Waals surface area contributed by atoms with Crippen LogP contribution in [0.1, 0.15) is 24.8 Å². The Hall–Kier alpha value is -2.11. The van der Waals surface area contributed by atoms with Gasteiger partial charge in [-0.15, -0.1) is 0 Å². The third-order valence-corrected chi connectivity index (χ3v) is 3.35. The Morgan fingerprint density at radius 3 is 3.00 bits per heavy atom. The van der Waals surface area contributed by atoms with Gasteiger partial charge in [0, 0.05) is 12.6 Å². The van der Waals surface area contributed by atoms with E-state index in [0.29, 0.717) is 12.6 Å². The number of carboxylic acid groups (broad SMARTS) is 1. The highest BCUT2D eigenvalue weighted by Crippen LogP contribution is 2.32. The second kappa shape index (κ2) is 4.53. The molecule has 1 N–H and O–H groups in total. The molecule has 2 aromatic heterocycles. The fourth-order valence-electron chi connectivity index (χ4n) is 2.33. The van der Waals surface area contributed by atoms with Gasteiger partial charge in [0.05, 0.1) is 6.42 Å². The molecule has 0 aliphatic heterocycles. The first kappa shape index (κ1) is 12.0. The van der Waals surface area contributed by atoms with E-state index in [1.165, 1.54) is 6.33 Å². The highest BCUT2D eigenvalue weighted by atomic mass is 16.4. The van der Waals surface area contributed by atoms with Gasteiger partial charge in [-0.2, -0.15) is 9.61 Å². The van der Waals surface area contributed by atoms with Crippen LogP contribution in [0, 0.1) is 6.92 Å². The molecule has 2 aromatic rings. The lowest BCUT2D eigenvalue weighted by Crippen LogP contribution is -2.30. The maximum absolute atomic E-state index is 10.8. The van der Waals surface area contributed by atoms with E-state index in [1.807, 2.05) is 19.1 Å². The van der Waals surface area contributed by atoms with Crippen LogP contribution < -0.4 is 4.90 Å². The highest BCUT2D eigenvalue weighted by Gasteiger charge is 2.31. The van der Waals surface area contributed by atoms with E-state index in [1.54, 1.807) is 4.52 Å². The van der Waals surface area contributed by atoms with Gasteiger partial charge < -0.3 is 10.0 Å². The molecule has 0 saturated heterocycles. The molecule has 0 unspecified atom stereocenters. The molecule has 3 rings (SSSR count). The van der Waals surface area contributed by atoms with E-state index in [4.69, 9.17) is 5.11 Å². The van der Waals surface area contributed by atoms with Gasteiger partial charge in [-0.1, -0.05) is 0 Å². The number of anilines is 1. The van der Waals surface area contributed by atoms with Crippen molar-refractivity contribution in [2.24, 2.45) is 0 Å². The van der Waals surface area contributed by atoms with Crippen molar-refractivity contribution in [1.29, 1.82) is 0 Å². The minimum absolute atomic E-state index is 0.140. The topological polar surface area (TPSA) is 70.7 Å². The zero-order chi connectivity index (χ0) is 13.4. The third-order valence-electron chi connectivity index (χ3n) is 3.35. The Morgan fingerprint density at radius 2 is 2.32 bits per heavy atom. The van der Waals surface area contributed by atoms with Gasteiger partial charge in [-0.05, 0) is 37.5 Å². The molecule has 1 fully saturated rings. The Morgan fingerprint density at radius 1 is 1.53 bits per heavy atom. The van der Waals surface area contributed by atoms with Crippen LogP contribution in [0.25, 0.3) is 5.65 Å². The molecule has 6 nitrogen and oxygen atoms in total. The normalized spacial score (nSPS) is 14.8. The van der Waals surface area contributed by atoms with Crippen LogP contribution in [0.2, 0.25) is 0 Å². The van der Waals surface area contributed by atoms with Crippen molar-refractivity contribution in [3.63, 3.8) is 0 Å². The van der Waals surface area contributed by atoms with Crippen molar-refractivity contribution in [2.45, 2.75) is 32.2 Å². The second-order valence-electron chi connectivity index (χ2n) is 4.99. The van der Waals surface area contributed by atoms with Crippen LogP contribution in [-0.4, -0.2) is 38.3 Å². The summed E-state index contributed by atoms with van der Waals surface area (Å²) in [6.45, 7) is 2.53. The lowest BCUT2D eigenvalue weighted by molar-refractivity contribution is -0.136. The van der Waals surface area contributed by atoms with Gasteiger partial charge in [0.1, 0.15) is 12.1 Å². The SMILES string of the molecule is Cc1cc(N(CCC(=O)O)C2CC2)n2ncnc2c1. The molecule has 1 aliphatic rings. The zero-order valence-electron chi connectivity index (χ0n) is 10.8. The number of carboxylic acids is 1. The Labute approximate surface area is 110 Å². The molecule has 0 radical (unpaired) electrons. The van der Waals surface area contributed by atoms with Crippen LogP contribution in [0.4, 0.5) is 5.82 Å². The number of aromatic nitrogens is 3. The summed E-state index contributed by atoms with van der Waals surface area (Å²) in [6, 6.07) is 4.45. The summed E-state index contributed by atoms with van der Waals surface area (Å²) in [4.78, 5) is 17.1. The summed E-state index contributed by atoms with van der Waals surface area (Å²) in [5.74, 6) is 0.171. The first-order valence-electron chi connectivity index (χ1n) is 6.44. The molecule has 0 atom stereocenters. The molecule has 6 heteroatoms. The van der Waals surface area contributed by atoms with E-state index in [2.05, 4.69) is 15.0 Å². The smallest absolute Gasteiger partial charge is 0.305 e. The number of hydrogen-bond acceptors (Lipinski definition) is 4. The zero-order valence-corrected chi connectivity index (χ0v) is 10.8. The first-order chi connectivity index (χ1) is 9.15. The standard InChI is InChI=1S/C13H16N4O2/c1-9-6-11-14-8-15-17(11)12(7-9)16(10-2-3-10)5-4-13(18)19/h6-8,10H,2-5H2,1H3,(H,18,19). The Kier molecular flexibility index (Phi) is 2.85. The van der Waals surface area contributed by atoms with E-state index in [-0.39, 0.29) is 6.42 Å². The predicted molar refractivity (Wildman–Crippen MR) is 70.3 cm³/mol. The summed E-state index contributed by atoms with van der Waals surface area (Å²) in [7, 11) is 0. The summed E-state index contributed by atoms with van der Waals surface area (Å²) < 4.78 is 1.78. The van der Waals surface area contributed by atoms with E-state index in [9.17, 15) is 4.79 Å². The van der Waals surface area contributed by atoms with Crippen LogP contribution in [0.3, 0.4) is 0 Å². The molecule has 100 valence electrons. The molecule has 1 saturated carbocycles. The molecule has 1 aliphatic carbocycles. The molecule has 19 heavy (non-hydrogen) atoms. The number of carbonyl (C=O) groups is 1. The van der Waals surface area contributed by atoms with Crippen molar-refractivity contribution in [3.8, 4) is 0 Å². The van der Waals surface area contributed by atoms with Crippen LogP contribution >= 0.6 is 0 Å². The number of pyridine rings is 1. The van der Waals surface area contributed by atoms with Crippen LogP contribution in [0.5, 0.6) is 0 Å². The van der Waals surface area contributed by atoms with E-state index >= 15 is 0 Å². The maximum Gasteiger partial charge on any atom is 0.305 e. The minimum Gasteiger partial charge on any atom is -0.481 e. The summed E-state index contributed by atoms with van der Waals surface area (Å²) in [6.07, 6.45) is 3.90. The van der Waals surface area contributed by atoms with Crippen molar-refractivity contribution in [3.05, 3.63) is 24.0 Å². The van der Waals surface area contributed by atoms with Gasteiger partial charge in [0.15, 0.2) is 5.65 Å². The van der Waals surface area contributed by atoms with Gasteiger partial charge in [0.2, 0.25) is 0 Å². The quantitative estimate of drug-likeness (QED) is 0.881. The van der Waals surface area contributed by atoms with Gasteiger partial charge in [-0.3, -0.25) is 4.79 Å². The van der Waals surface area contributed by atoms with Crippen molar-refractivity contribution >= 4 is 17.4 Å². The maximum atomic E-state index is 10.8. The van der Waals surface area contributed by atoms with E-state index < -0.39 is 5.97 Å². The van der Waals surface area contributed by atoms with Gasteiger partial charge in [-0.25, -0.2) is 4.98 Å². The van der Waals surface area contributed by atoms with Gasteiger partial charge in [0.25, 0.3) is 0 Å². The molecular weight excluding hydrogens is 244 g/mol. The summed E-state index contributed by atoms with van der Waals surface area (Å²) >= 11 is 0. The number of aryl methyl sites for hydroxylation is 1. The van der Waals surface area contributed by atoms with Crippen molar-refractivity contribution < 1.29 is 9.90 Å². The lowest BCUT2D eigenvalue weighted by Gasteiger charge is -2.24. The first-order valence-corrected chi connectivity index (χ1v) is 6.44. The van der Waals surface area contributed by atoms with Crippen molar-refractivity contribution in [2.75, 3.05) is 11.4 Å². The van der Waals surface area contributed by atoms with Crippen LogP contribution in [0.15, 0.2) is 18.5 Å². The number of rotatable bonds is 5. The number of nitrogens with zero attached hydrogens (tertiary/aromatic N) is 4. The van der Waals surface area contributed by atoms with Gasteiger partial charge >= 0.3 is 5.97 Å². The second-order valence-corrected chi connectivity index (χ2v) is 4.99. The fraction of sp³-hybridized carbons (Fsp3) is 0.462. The minimum atomic E-state index is -0.770. The van der Waals surface area contributed by atoms with Crippen LogP contribution in [-0.2, 0) is 4.79 Å². The number of aliphatic carboxylic acids is 1. The fourth-order valence-corrected chi connectivity index (χ4v) is 2.33. The summed E-state index contributed by atoms with van der Waals surface area (Å²) in [5.41, 5.74) is 1.91. The average Bonchev–Trinajstić information content (AvgIpc) is 3.07. The molecule has 0 spiro atoms. The highest BCUT2D eigenvalue weighted by molar-refractivity contribution is 5.68. The molecule has 0 aromatic carbocycles. The largest absolute Gasteiger partial charge is 0.481 e.